The number of rotatable bonds is 5. The topological polar surface area (TPSA) is 54.4 Å². The third-order valence-corrected chi connectivity index (χ3v) is 4.28. The van der Waals surface area contributed by atoms with Gasteiger partial charge in [-0.1, -0.05) is 37.6 Å². The van der Waals surface area contributed by atoms with Crippen LogP contribution < -0.4 is 0 Å². The van der Waals surface area contributed by atoms with Crippen molar-refractivity contribution in [3.8, 4) is 11.1 Å². The largest absolute Gasteiger partial charge is 0.477 e. The number of carboxylic acids is 1. The summed E-state index contributed by atoms with van der Waals surface area (Å²) in [4.78, 5) is 23.8. The summed E-state index contributed by atoms with van der Waals surface area (Å²) in [7, 11) is 0. The lowest BCUT2D eigenvalue weighted by molar-refractivity contribution is 0.0702. The smallest absolute Gasteiger partial charge is 0.345 e. The van der Waals surface area contributed by atoms with Crippen molar-refractivity contribution >= 4 is 23.1 Å². The monoisotopic (exact) mass is 288 g/mol. The summed E-state index contributed by atoms with van der Waals surface area (Å²) in [5.74, 6) is -0.860. The van der Waals surface area contributed by atoms with E-state index in [-0.39, 0.29) is 5.78 Å². The zero-order valence-electron chi connectivity index (χ0n) is 11.5. The van der Waals surface area contributed by atoms with Crippen molar-refractivity contribution in [3.05, 3.63) is 45.6 Å². The first-order chi connectivity index (χ1) is 9.52. The Balaban J connectivity index is 2.44. The molecule has 0 unspecified atom stereocenters. The van der Waals surface area contributed by atoms with E-state index in [0.29, 0.717) is 10.4 Å². The molecule has 0 spiro atoms. The van der Waals surface area contributed by atoms with Crippen molar-refractivity contribution in [2.75, 3.05) is 0 Å². The lowest BCUT2D eigenvalue weighted by atomic mass is 10.0. The molecule has 1 N–H and O–H groups in total. The number of carboxylic acid groups (broad SMARTS) is 1. The predicted molar refractivity (Wildman–Crippen MR) is 80.7 cm³/mol. The van der Waals surface area contributed by atoms with Crippen molar-refractivity contribution in [2.45, 2.75) is 26.7 Å². The Morgan fingerprint density at radius 1 is 1.20 bits per heavy atom. The molecule has 0 aliphatic carbocycles. The molecule has 0 atom stereocenters. The third-order valence-electron chi connectivity index (χ3n) is 3.10. The van der Waals surface area contributed by atoms with Crippen LogP contribution in [0.15, 0.2) is 30.3 Å². The molecule has 2 rings (SSSR count). The van der Waals surface area contributed by atoms with Gasteiger partial charge in [0.2, 0.25) is 0 Å². The number of thiophene rings is 1. The van der Waals surface area contributed by atoms with E-state index in [0.717, 1.165) is 28.8 Å². The van der Waals surface area contributed by atoms with Crippen LogP contribution in [-0.2, 0) is 6.42 Å². The second-order valence-corrected chi connectivity index (χ2v) is 5.77. The van der Waals surface area contributed by atoms with Crippen molar-refractivity contribution in [1.29, 1.82) is 0 Å². The summed E-state index contributed by atoms with van der Waals surface area (Å²) in [5.41, 5.74) is 2.59. The quantitative estimate of drug-likeness (QED) is 0.836. The number of benzene rings is 1. The molecule has 1 aromatic heterocycles. The molecule has 4 heteroatoms. The second kappa shape index (κ2) is 6.01. The second-order valence-electron chi connectivity index (χ2n) is 4.64. The number of carbonyl (C=O) groups is 2. The van der Waals surface area contributed by atoms with Crippen LogP contribution in [0.4, 0.5) is 0 Å². The number of Topliss-reactive ketones (excluding diaryl/α,β-unsaturated/α-hetero) is 1. The van der Waals surface area contributed by atoms with Gasteiger partial charge in [-0.3, -0.25) is 4.79 Å². The lowest BCUT2D eigenvalue weighted by Gasteiger charge is -2.03. The molecule has 0 radical (unpaired) electrons. The van der Waals surface area contributed by atoms with Gasteiger partial charge >= 0.3 is 5.97 Å². The van der Waals surface area contributed by atoms with Gasteiger partial charge in [-0.25, -0.2) is 4.79 Å². The van der Waals surface area contributed by atoms with E-state index in [4.69, 9.17) is 5.11 Å². The molecule has 104 valence electrons. The predicted octanol–water partition coefficient (Wildman–Crippen LogP) is 4.27. The van der Waals surface area contributed by atoms with Gasteiger partial charge in [0.1, 0.15) is 4.88 Å². The zero-order valence-corrected chi connectivity index (χ0v) is 12.3. The first kappa shape index (κ1) is 14.5. The number of carbonyl (C=O) groups excluding carboxylic acids is 1. The Morgan fingerprint density at radius 2 is 1.85 bits per heavy atom. The van der Waals surface area contributed by atoms with Crippen LogP contribution in [-0.4, -0.2) is 16.9 Å². The summed E-state index contributed by atoms with van der Waals surface area (Å²) in [5, 5.41) is 9.12. The molecule has 2 aromatic rings. The Labute approximate surface area is 121 Å². The Kier molecular flexibility index (Phi) is 4.35. The van der Waals surface area contributed by atoms with E-state index in [1.165, 1.54) is 18.3 Å². The summed E-state index contributed by atoms with van der Waals surface area (Å²) in [6.07, 6.45) is 1.83. The molecule has 20 heavy (non-hydrogen) atoms. The van der Waals surface area contributed by atoms with Crippen LogP contribution >= 0.6 is 11.3 Å². The average Bonchev–Trinajstić information content (AvgIpc) is 2.83. The van der Waals surface area contributed by atoms with Gasteiger partial charge in [-0.15, -0.1) is 11.3 Å². The molecule has 3 nitrogen and oxygen atoms in total. The summed E-state index contributed by atoms with van der Waals surface area (Å²) >= 11 is 1.33. The zero-order chi connectivity index (χ0) is 14.7. The fourth-order valence-corrected chi connectivity index (χ4v) is 3.20. The first-order valence-corrected chi connectivity index (χ1v) is 7.32. The van der Waals surface area contributed by atoms with Gasteiger partial charge in [0.05, 0.1) is 0 Å². The Morgan fingerprint density at radius 3 is 2.35 bits per heavy atom. The SMILES string of the molecule is CCCc1sc(C(=O)O)cc1-c1ccc(C(C)=O)cc1. The Hall–Kier alpha value is -1.94. The van der Waals surface area contributed by atoms with Gasteiger partial charge in [0.15, 0.2) is 5.78 Å². The lowest BCUT2D eigenvalue weighted by Crippen LogP contribution is -1.91. The van der Waals surface area contributed by atoms with E-state index in [2.05, 4.69) is 6.92 Å². The van der Waals surface area contributed by atoms with E-state index in [9.17, 15) is 9.59 Å². The van der Waals surface area contributed by atoms with Crippen LogP contribution in [0.5, 0.6) is 0 Å². The van der Waals surface area contributed by atoms with Crippen LogP contribution in [0.1, 0.15) is 45.2 Å². The minimum Gasteiger partial charge on any atom is -0.477 e. The summed E-state index contributed by atoms with van der Waals surface area (Å²) in [6.45, 7) is 3.60. The average molecular weight is 288 g/mol. The molecule has 0 saturated carbocycles. The van der Waals surface area contributed by atoms with Crippen molar-refractivity contribution < 1.29 is 14.7 Å². The highest BCUT2D eigenvalue weighted by Gasteiger charge is 2.14. The third kappa shape index (κ3) is 2.96. The maximum atomic E-state index is 11.3. The molecule has 0 saturated heterocycles. The fourth-order valence-electron chi connectivity index (χ4n) is 2.08. The molecule has 0 aliphatic rings. The van der Waals surface area contributed by atoms with Gasteiger partial charge in [0, 0.05) is 10.4 Å². The molecule has 0 fully saturated rings. The molecule has 1 aromatic carbocycles. The highest BCUT2D eigenvalue weighted by molar-refractivity contribution is 7.14. The number of ketones is 1. The van der Waals surface area contributed by atoms with Gasteiger partial charge in [-0.05, 0) is 30.5 Å². The Bertz CT molecular complexity index is 638. The maximum absolute atomic E-state index is 11.3. The van der Waals surface area contributed by atoms with Crippen LogP contribution in [0.25, 0.3) is 11.1 Å². The van der Waals surface area contributed by atoms with E-state index in [1.54, 1.807) is 18.2 Å². The van der Waals surface area contributed by atoms with Gasteiger partial charge in [0.25, 0.3) is 0 Å². The number of hydrogen-bond donors (Lipinski definition) is 1. The van der Waals surface area contributed by atoms with E-state index < -0.39 is 5.97 Å². The van der Waals surface area contributed by atoms with Crippen LogP contribution in [0, 0.1) is 0 Å². The van der Waals surface area contributed by atoms with Crippen LogP contribution in [0.3, 0.4) is 0 Å². The summed E-state index contributed by atoms with van der Waals surface area (Å²) < 4.78 is 0. The maximum Gasteiger partial charge on any atom is 0.345 e. The minimum atomic E-state index is -0.890. The molecular weight excluding hydrogens is 272 g/mol. The number of aryl methyl sites for hydroxylation is 1. The standard InChI is InChI=1S/C16H16O3S/c1-3-4-14-13(9-15(20-14)16(18)19)12-7-5-11(6-8-12)10(2)17/h5-9H,3-4H2,1-2H3,(H,18,19). The molecule has 0 amide bonds. The molecule has 0 aliphatic heterocycles. The van der Waals surface area contributed by atoms with E-state index >= 15 is 0 Å². The highest BCUT2D eigenvalue weighted by Crippen LogP contribution is 2.33. The number of aromatic carboxylic acids is 1. The van der Waals surface area contributed by atoms with Crippen LogP contribution in [0.2, 0.25) is 0 Å². The molecular formula is C16H16O3S. The molecule has 0 bridgehead atoms. The normalized spacial score (nSPS) is 10.5. The van der Waals surface area contributed by atoms with Gasteiger partial charge < -0.3 is 5.11 Å². The fraction of sp³-hybridized carbons (Fsp3) is 0.250. The van der Waals surface area contributed by atoms with Gasteiger partial charge in [-0.2, -0.15) is 0 Å². The van der Waals surface area contributed by atoms with Crippen molar-refractivity contribution in [1.82, 2.24) is 0 Å². The number of hydrogen-bond acceptors (Lipinski definition) is 3. The van der Waals surface area contributed by atoms with Crippen molar-refractivity contribution in [2.24, 2.45) is 0 Å². The minimum absolute atomic E-state index is 0.0295. The highest BCUT2D eigenvalue weighted by atomic mass is 32.1. The molecule has 1 heterocycles. The van der Waals surface area contributed by atoms with Crippen molar-refractivity contribution in [3.63, 3.8) is 0 Å². The first-order valence-electron chi connectivity index (χ1n) is 6.50. The van der Waals surface area contributed by atoms with E-state index in [1.807, 2.05) is 12.1 Å². The summed E-state index contributed by atoms with van der Waals surface area (Å²) in [6, 6.07) is 9.05.